The van der Waals surface area contributed by atoms with Crippen molar-refractivity contribution in [1.29, 1.82) is 0 Å². The van der Waals surface area contributed by atoms with Crippen molar-refractivity contribution in [3.8, 4) is 0 Å². The van der Waals surface area contributed by atoms with Crippen LogP contribution in [-0.2, 0) is 10.2 Å². The van der Waals surface area contributed by atoms with E-state index in [9.17, 15) is 4.79 Å². The van der Waals surface area contributed by atoms with Crippen molar-refractivity contribution >= 4 is 34.5 Å². The summed E-state index contributed by atoms with van der Waals surface area (Å²) in [5.41, 5.74) is 3.41. The molecule has 102 valence electrons. The molecule has 3 heterocycles. The molecule has 1 atom stereocenters. The Kier molecular flexibility index (Phi) is 2.15. The maximum absolute atomic E-state index is 12.0. The highest BCUT2D eigenvalue weighted by molar-refractivity contribution is 7.05. The van der Waals surface area contributed by atoms with Gasteiger partial charge in [-0.2, -0.15) is 0 Å². The van der Waals surface area contributed by atoms with Gasteiger partial charge in [-0.15, -0.1) is 5.10 Å². The van der Waals surface area contributed by atoms with Gasteiger partial charge in [0, 0.05) is 5.69 Å². The zero-order chi connectivity index (χ0) is 13.9. The molecule has 1 aromatic carbocycles. The smallest absolute Gasteiger partial charge is 0.234 e. The lowest BCUT2D eigenvalue weighted by molar-refractivity contribution is -0.119. The van der Waals surface area contributed by atoms with Crippen molar-refractivity contribution in [3.05, 3.63) is 28.8 Å². The predicted octanol–water partition coefficient (Wildman–Crippen LogP) is 2.30. The SMILES string of the molecule is CC1(C)C(=O)Nc2cc3c(cc21)NC(c1cnns1)N3. The van der Waals surface area contributed by atoms with Gasteiger partial charge in [-0.3, -0.25) is 4.79 Å². The number of anilines is 3. The molecule has 0 fully saturated rings. The standard InChI is InChI=1S/C13H13N5OS/c1-13(2)6-3-8-9(4-7(6)17-12(13)19)16-11(15-8)10-5-14-18-20-10/h3-5,11,15-16H,1-2H3,(H,17,19). The van der Waals surface area contributed by atoms with Crippen LogP contribution in [0.15, 0.2) is 18.3 Å². The Morgan fingerprint density at radius 1 is 1.20 bits per heavy atom. The number of hydrogen-bond donors (Lipinski definition) is 3. The van der Waals surface area contributed by atoms with Crippen LogP contribution >= 0.6 is 11.5 Å². The number of carbonyl (C=O) groups is 1. The van der Waals surface area contributed by atoms with Crippen LogP contribution in [0.2, 0.25) is 0 Å². The van der Waals surface area contributed by atoms with Gasteiger partial charge in [0.2, 0.25) is 5.91 Å². The second-order valence-corrected chi connectivity index (χ2v) is 6.38. The first-order valence-electron chi connectivity index (χ1n) is 6.36. The van der Waals surface area contributed by atoms with Crippen molar-refractivity contribution in [2.45, 2.75) is 25.4 Å². The van der Waals surface area contributed by atoms with Gasteiger partial charge in [0.05, 0.1) is 27.9 Å². The maximum atomic E-state index is 12.0. The van der Waals surface area contributed by atoms with E-state index in [-0.39, 0.29) is 12.1 Å². The van der Waals surface area contributed by atoms with E-state index in [0.717, 1.165) is 27.5 Å². The van der Waals surface area contributed by atoms with Crippen LogP contribution in [0.1, 0.15) is 30.5 Å². The van der Waals surface area contributed by atoms with Gasteiger partial charge in [-0.1, -0.05) is 4.49 Å². The molecule has 20 heavy (non-hydrogen) atoms. The van der Waals surface area contributed by atoms with Crippen molar-refractivity contribution < 1.29 is 4.79 Å². The zero-order valence-electron chi connectivity index (χ0n) is 11.0. The summed E-state index contributed by atoms with van der Waals surface area (Å²) >= 11 is 1.36. The molecule has 2 aromatic rings. The first-order valence-corrected chi connectivity index (χ1v) is 7.13. The van der Waals surface area contributed by atoms with E-state index in [1.54, 1.807) is 6.20 Å². The summed E-state index contributed by atoms with van der Waals surface area (Å²) in [6, 6.07) is 4.03. The molecule has 3 N–H and O–H groups in total. The Hall–Kier alpha value is -2.15. The Bertz CT molecular complexity index is 710. The van der Waals surface area contributed by atoms with E-state index in [0.29, 0.717) is 0 Å². The van der Waals surface area contributed by atoms with Gasteiger partial charge in [0.25, 0.3) is 0 Å². The van der Waals surface area contributed by atoms with E-state index in [2.05, 4.69) is 25.5 Å². The summed E-state index contributed by atoms with van der Waals surface area (Å²) in [5, 5.41) is 13.6. The average Bonchev–Trinajstić information content (AvgIpc) is 3.08. The van der Waals surface area contributed by atoms with E-state index in [4.69, 9.17) is 0 Å². The highest BCUT2D eigenvalue weighted by Gasteiger charge is 2.40. The first-order chi connectivity index (χ1) is 9.55. The van der Waals surface area contributed by atoms with Crippen LogP contribution in [0.4, 0.5) is 17.1 Å². The van der Waals surface area contributed by atoms with Crippen LogP contribution in [0.3, 0.4) is 0 Å². The lowest BCUT2D eigenvalue weighted by Gasteiger charge is -2.15. The quantitative estimate of drug-likeness (QED) is 0.750. The normalized spacial score (nSPS) is 21.7. The molecule has 6 nitrogen and oxygen atoms in total. The van der Waals surface area contributed by atoms with Gasteiger partial charge in [0.15, 0.2) is 0 Å². The van der Waals surface area contributed by atoms with Crippen molar-refractivity contribution in [2.24, 2.45) is 0 Å². The molecule has 0 aliphatic carbocycles. The van der Waals surface area contributed by atoms with Crippen LogP contribution in [0.5, 0.6) is 0 Å². The lowest BCUT2D eigenvalue weighted by atomic mass is 9.86. The van der Waals surface area contributed by atoms with Crippen LogP contribution < -0.4 is 16.0 Å². The van der Waals surface area contributed by atoms with Crippen molar-refractivity contribution in [1.82, 2.24) is 9.59 Å². The molecule has 7 heteroatoms. The second-order valence-electron chi connectivity index (χ2n) is 5.56. The van der Waals surface area contributed by atoms with E-state index in [1.807, 2.05) is 26.0 Å². The summed E-state index contributed by atoms with van der Waals surface area (Å²) in [6.07, 6.45) is 1.74. The number of nitrogens with one attached hydrogen (secondary N) is 3. The maximum Gasteiger partial charge on any atom is 0.234 e. The number of benzene rings is 1. The zero-order valence-corrected chi connectivity index (χ0v) is 11.8. The van der Waals surface area contributed by atoms with E-state index >= 15 is 0 Å². The fraction of sp³-hybridized carbons (Fsp3) is 0.308. The van der Waals surface area contributed by atoms with Crippen molar-refractivity contribution in [3.63, 3.8) is 0 Å². The molecule has 0 bridgehead atoms. The molecule has 1 aromatic heterocycles. The minimum absolute atomic E-state index is 0.00802. The highest BCUT2D eigenvalue weighted by Crippen LogP contribution is 2.45. The third kappa shape index (κ3) is 1.46. The number of aromatic nitrogens is 2. The Morgan fingerprint density at radius 3 is 2.65 bits per heavy atom. The summed E-state index contributed by atoms with van der Waals surface area (Å²) in [4.78, 5) is 13.0. The Balaban J connectivity index is 1.74. The van der Waals surface area contributed by atoms with E-state index < -0.39 is 5.41 Å². The molecule has 1 amide bonds. The molecular formula is C13H13N5OS. The predicted molar refractivity (Wildman–Crippen MR) is 78.0 cm³/mol. The minimum atomic E-state index is -0.490. The fourth-order valence-corrected chi connectivity index (χ4v) is 3.16. The number of nitrogens with zero attached hydrogens (tertiary/aromatic N) is 2. The number of amides is 1. The van der Waals surface area contributed by atoms with Crippen LogP contribution in [0.25, 0.3) is 0 Å². The average molecular weight is 287 g/mol. The van der Waals surface area contributed by atoms with Crippen LogP contribution in [-0.4, -0.2) is 15.5 Å². The number of fused-ring (bicyclic) bond motifs is 2. The summed E-state index contributed by atoms with van der Waals surface area (Å²) in [7, 11) is 0. The molecular weight excluding hydrogens is 274 g/mol. The summed E-state index contributed by atoms with van der Waals surface area (Å²) < 4.78 is 3.88. The minimum Gasteiger partial charge on any atom is -0.359 e. The number of rotatable bonds is 1. The molecule has 2 aliphatic rings. The number of hydrogen-bond acceptors (Lipinski definition) is 6. The molecule has 0 saturated heterocycles. The molecule has 0 spiro atoms. The number of carbonyl (C=O) groups excluding carboxylic acids is 1. The summed E-state index contributed by atoms with van der Waals surface area (Å²) in [6.45, 7) is 3.88. The Morgan fingerprint density at radius 2 is 1.95 bits per heavy atom. The van der Waals surface area contributed by atoms with Gasteiger partial charge < -0.3 is 16.0 Å². The molecule has 2 aliphatic heterocycles. The fourth-order valence-electron chi connectivity index (χ4n) is 2.65. The van der Waals surface area contributed by atoms with Gasteiger partial charge in [-0.25, -0.2) is 0 Å². The van der Waals surface area contributed by atoms with Crippen molar-refractivity contribution in [2.75, 3.05) is 16.0 Å². The summed E-state index contributed by atoms with van der Waals surface area (Å²) in [5.74, 6) is 0.0411. The van der Waals surface area contributed by atoms with E-state index in [1.165, 1.54) is 11.5 Å². The third-order valence-electron chi connectivity index (χ3n) is 3.91. The lowest BCUT2D eigenvalue weighted by Crippen LogP contribution is -2.26. The first kappa shape index (κ1) is 11.7. The van der Waals surface area contributed by atoms with Gasteiger partial charge in [-0.05, 0) is 43.1 Å². The van der Waals surface area contributed by atoms with Gasteiger partial charge in [0.1, 0.15) is 6.17 Å². The molecule has 0 saturated carbocycles. The third-order valence-corrected chi connectivity index (χ3v) is 4.64. The monoisotopic (exact) mass is 287 g/mol. The molecule has 1 unspecified atom stereocenters. The molecule has 4 rings (SSSR count). The largest absolute Gasteiger partial charge is 0.359 e. The second kappa shape index (κ2) is 3.69. The topological polar surface area (TPSA) is 78.9 Å². The molecule has 0 radical (unpaired) electrons. The highest BCUT2D eigenvalue weighted by atomic mass is 32.1. The van der Waals surface area contributed by atoms with Crippen LogP contribution in [0, 0.1) is 0 Å². The Labute approximate surface area is 119 Å². The van der Waals surface area contributed by atoms with Gasteiger partial charge >= 0.3 is 0 Å².